The molecule has 102 valence electrons. The first-order chi connectivity index (χ1) is 9.76. The zero-order valence-electron chi connectivity index (χ0n) is 11.5. The summed E-state index contributed by atoms with van der Waals surface area (Å²) >= 11 is 0. The fourth-order valence-electron chi connectivity index (χ4n) is 2.58. The van der Waals surface area contributed by atoms with Crippen molar-refractivity contribution in [2.45, 2.75) is 19.3 Å². The van der Waals surface area contributed by atoms with Gasteiger partial charge in [0.25, 0.3) is 0 Å². The Labute approximate surface area is 118 Å². The van der Waals surface area contributed by atoms with Gasteiger partial charge in [-0.05, 0) is 41.7 Å². The number of fused-ring (bicyclic) bond motifs is 2. The van der Waals surface area contributed by atoms with E-state index in [0.717, 1.165) is 29.8 Å². The summed E-state index contributed by atoms with van der Waals surface area (Å²) < 4.78 is 4.72. The summed E-state index contributed by atoms with van der Waals surface area (Å²) in [6, 6.07) is 14.5. The first-order valence-corrected chi connectivity index (χ1v) is 6.80. The van der Waals surface area contributed by atoms with E-state index in [-0.39, 0.29) is 5.97 Å². The minimum absolute atomic E-state index is 0.209. The third-order valence-electron chi connectivity index (χ3n) is 3.70. The minimum atomic E-state index is -0.209. The van der Waals surface area contributed by atoms with E-state index in [4.69, 9.17) is 4.74 Å². The summed E-state index contributed by atoms with van der Waals surface area (Å²) in [6.07, 6.45) is 2.36. The van der Waals surface area contributed by atoms with Crippen LogP contribution in [-0.2, 0) is 28.8 Å². The van der Waals surface area contributed by atoms with E-state index in [9.17, 15) is 4.79 Å². The molecule has 1 N–H and O–H groups in total. The van der Waals surface area contributed by atoms with Gasteiger partial charge in [0.2, 0.25) is 0 Å². The van der Waals surface area contributed by atoms with Crippen LogP contribution in [0.3, 0.4) is 0 Å². The molecule has 0 atom stereocenters. The average molecular weight is 267 g/mol. The number of aryl methyl sites for hydroxylation is 2. The van der Waals surface area contributed by atoms with E-state index >= 15 is 0 Å². The molecular weight excluding hydrogens is 250 g/mol. The molecule has 0 radical (unpaired) electrons. The van der Waals surface area contributed by atoms with E-state index in [1.807, 2.05) is 18.2 Å². The lowest BCUT2D eigenvalue weighted by Crippen LogP contribution is -2.05. The maximum atomic E-state index is 11.4. The largest absolute Gasteiger partial charge is 0.469 e. The molecule has 0 aliphatic carbocycles. The summed E-state index contributed by atoms with van der Waals surface area (Å²) in [5, 5.41) is 3.48. The number of esters is 1. The first kappa shape index (κ1) is 12.7. The van der Waals surface area contributed by atoms with Gasteiger partial charge in [-0.1, -0.05) is 30.3 Å². The Morgan fingerprint density at radius 1 is 1.10 bits per heavy atom. The van der Waals surface area contributed by atoms with E-state index < -0.39 is 0 Å². The number of ether oxygens (including phenoxy) is 1. The van der Waals surface area contributed by atoms with Crippen molar-refractivity contribution in [3.05, 3.63) is 59.2 Å². The van der Waals surface area contributed by atoms with Gasteiger partial charge in [0.15, 0.2) is 0 Å². The summed E-state index contributed by atoms with van der Waals surface area (Å²) in [5.41, 5.74) is 5.84. The second-order valence-electron chi connectivity index (χ2n) is 5.03. The monoisotopic (exact) mass is 267 g/mol. The van der Waals surface area contributed by atoms with Crippen LogP contribution in [0.15, 0.2) is 42.5 Å². The van der Waals surface area contributed by atoms with Crippen LogP contribution < -0.4 is 5.32 Å². The highest BCUT2D eigenvalue weighted by molar-refractivity contribution is 5.74. The molecule has 3 heteroatoms. The molecule has 1 aliphatic heterocycles. The number of carbonyl (C=O) groups excluding carboxylic acids is 1. The highest BCUT2D eigenvalue weighted by atomic mass is 16.5. The Morgan fingerprint density at radius 3 is 2.65 bits per heavy atom. The summed E-state index contributed by atoms with van der Waals surface area (Å²) in [6.45, 7) is 0. The highest BCUT2D eigenvalue weighted by Gasteiger charge is 2.13. The molecule has 0 spiro atoms. The second kappa shape index (κ2) is 5.37. The molecule has 0 unspecified atom stereocenters. The van der Waals surface area contributed by atoms with Gasteiger partial charge < -0.3 is 10.1 Å². The van der Waals surface area contributed by atoms with Gasteiger partial charge in [0.1, 0.15) is 0 Å². The van der Waals surface area contributed by atoms with Crippen LogP contribution in [0.5, 0.6) is 0 Å². The Kier molecular flexibility index (Phi) is 3.42. The second-order valence-corrected chi connectivity index (χ2v) is 5.03. The number of carbonyl (C=O) groups is 1. The van der Waals surface area contributed by atoms with Gasteiger partial charge in [0, 0.05) is 11.4 Å². The summed E-state index contributed by atoms with van der Waals surface area (Å²) in [4.78, 5) is 11.4. The van der Waals surface area contributed by atoms with Crippen molar-refractivity contribution < 1.29 is 9.53 Å². The Morgan fingerprint density at radius 2 is 1.85 bits per heavy atom. The fraction of sp³-hybridized carbons (Fsp3) is 0.235. The number of benzene rings is 2. The zero-order chi connectivity index (χ0) is 13.9. The Bertz CT molecular complexity index is 649. The number of nitrogens with one attached hydrogen (secondary N) is 1. The zero-order valence-corrected chi connectivity index (χ0v) is 11.5. The molecule has 1 aliphatic rings. The smallest absolute Gasteiger partial charge is 0.309 e. The lowest BCUT2D eigenvalue weighted by molar-refractivity contribution is -0.139. The van der Waals surface area contributed by atoms with E-state index in [1.54, 1.807) is 0 Å². The molecule has 2 aromatic rings. The average Bonchev–Trinajstić information content (AvgIpc) is 2.65. The number of para-hydroxylation sites is 1. The molecule has 0 amide bonds. The van der Waals surface area contributed by atoms with Crippen molar-refractivity contribution in [1.29, 1.82) is 0 Å². The minimum Gasteiger partial charge on any atom is -0.469 e. The maximum absolute atomic E-state index is 11.4. The molecule has 1 heterocycles. The van der Waals surface area contributed by atoms with E-state index in [1.165, 1.54) is 18.2 Å². The normalized spacial score (nSPS) is 12.7. The number of rotatable bonds is 2. The Balaban J connectivity index is 1.92. The molecule has 0 saturated carbocycles. The molecule has 0 bridgehead atoms. The molecule has 2 aromatic carbocycles. The quantitative estimate of drug-likeness (QED) is 0.849. The fourth-order valence-corrected chi connectivity index (χ4v) is 2.58. The SMILES string of the molecule is COC(=O)Cc1ccc2c(c1)Nc1ccccc1CC2. The third kappa shape index (κ3) is 2.52. The molecule has 0 fully saturated rings. The van der Waals surface area contributed by atoms with Crippen molar-refractivity contribution in [2.75, 3.05) is 12.4 Å². The topological polar surface area (TPSA) is 38.3 Å². The van der Waals surface area contributed by atoms with Gasteiger partial charge in [-0.15, -0.1) is 0 Å². The first-order valence-electron chi connectivity index (χ1n) is 6.80. The maximum Gasteiger partial charge on any atom is 0.309 e. The van der Waals surface area contributed by atoms with Crippen molar-refractivity contribution >= 4 is 17.3 Å². The van der Waals surface area contributed by atoms with Crippen LogP contribution in [0.1, 0.15) is 16.7 Å². The number of hydrogen-bond donors (Lipinski definition) is 1. The van der Waals surface area contributed by atoms with Crippen LogP contribution in [-0.4, -0.2) is 13.1 Å². The molecular formula is C17H17NO2. The molecule has 0 aromatic heterocycles. The predicted molar refractivity (Wildman–Crippen MR) is 79.3 cm³/mol. The van der Waals surface area contributed by atoms with Crippen LogP contribution in [0.25, 0.3) is 0 Å². The molecule has 3 rings (SSSR count). The molecule has 0 saturated heterocycles. The van der Waals surface area contributed by atoms with Crippen molar-refractivity contribution in [2.24, 2.45) is 0 Å². The Hall–Kier alpha value is -2.29. The van der Waals surface area contributed by atoms with Crippen LogP contribution >= 0.6 is 0 Å². The molecule has 3 nitrogen and oxygen atoms in total. The van der Waals surface area contributed by atoms with Gasteiger partial charge in [0.05, 0.1) is 13.5 Å². The van der Waals surface area contributed by atoms with Crippen molar-refractivity contribution in [1.82, 2.24) is 0 Å². The lowest BCUT2D eigenvalue weighted by Gasteiger charge is -2.11. The van der Waals surface area contributed by atoms with E-state index in [0.29, 0.717) is 6.42 Å². The van der Waals surface area contributed by atoms with Crippen LogP contribution in [0, 0.1) is 0 Å². The van der Waals surface area contributed by atoms with Crippen molar-refractivity contribution in [3.63, 3.8) is 0 Å². The van der Waals surface area contributed by atoms with Crippen LogP contribution in [0.4, 0.5) is 11.4 Å². The van der Waals surface area contributed by atoms with Gasteiger partial charge >= 0.3 is 5.97 Å². The van der Waals surface area contributed by atoms with Gasteiger partial charge in [-0.25, -0.2) is 0 Å². The predicted octanol–water partition coefficient (Wildman–Crippen LogP) is 3.24. The molecule has 20 heavy (non-hydrogen) atoms. The van der Waals surface area contributed by atoms with Crippen LogP contribution in [0.2, 0.25) is 0 Å². The third-order valence-corrected chi connectivity index (χ3v) is 3.70. The number of methoxy groups -OCH3 is 1. The van der Waals surface area contributed by atoms with Gasteiger partial charge in [-0.3, -0.25) is 4.79 Å². The summed E-state index contributed by atoms with van der Waals surface area (Å²) in [5.74, 6) is -0.209. The number of anilines is 2. The summed E-state index contributed by atoms with van der Waals surface area (Å²) in [7, 11) is 1.42. The van der Waals surface area contributed by atoms with Gasteiger partial charge in [-0.2, -0.15) is 0 Å². The lowest BCUT2D eigenvalue weighted by atomic mass is 10.0. The number of hydrogen-bond acceptors (Lipinski definition) is 3. The standard InChI is InChI=1S/C17H17NO2/c1-20-17(19)11-12-6-7-14-9-8-13-4-2-3-5-15(13)18-16(14)10-12/h2-7,10,18H,8-9,11H2,1H3. The highest BCUT2D eigenvalue weighted by Crippen LogP contribution is 2.30. The van der Waals surface area contributed by atoms with E-state index in [2.05, 4.69) is 29.6 Å². The van der Waals surface area contributed by atoms with Crippen molar-refractivity contribution in [3.8, 4) is 0 Å².